The highest BCUT2D eigenvalue weighted by Gasteiger charge is 2.06. The molecule has 0 bridgehead atoms. The standard InChI is InChI=1S/C17H17ClN2/c1-3-5-7-10-14(9-6-4-2)16-13-15-11-8-12-17(18)20(15)19-16/h3-13H,1-2H3/b5-3-,6-4+,10-7-,14-9+. The molecule has 0 aliphatic heterocycles. The molecule has 0 saturated heterocycles. The van der Waals surface area contributed by atoms with E-state index < -0.39 is 0 Å². The van der Waals surface area contributed by atoms with Gasteiger partial charge in [-0.3, -0.25) is 0 Å². The molecule has 0 amide bonds. The minimum Gasteiger partial charge on any atom is -0.222 e. The summed E-state index contributed by atoms with van der Waals surface area (Å²) >= 11 is 6.14. The van der Waals surface area contributed by atoms with Crippen molar-refractivity contribution in [3.8, 4) is 0 Å². The average molecular weight is 285 g/mol. The van der Waals surface area contributed by atoms with Gasteiger partial charge in [-0.15, -0.1) is 0 Å². The molecule has 0 atom stereocenters. The quantitative estimate of drug-likeness (QED) is 0.565. The van der Waals surface area contributed by atoms with Gasteiger partial charge in [0.1, 0.15) is 5.15 Å². The third-order valence-corrected chi connectivity index (χ3v) is 3.07. The summed E-state index contributed by atoms with van der Waals surface area (Å²) in [5.41, 5.74) is 2.93. The minimum absolute atomic E-state index is 0.608. The zero-order chi connectivity index (χ0) is 14.4. The second-order valence-corrected chi connectivity index (χ2v) is 4.63. The summed E-state index contributed by atoms with van der Waals surface area (Å²) in [6.45, 7) is 3.98. The molecule has 0 aromatic carbocycles. The maximum atomic E-state index is 6.14. The van der Waals surface area contributed by atoms with Gasteiger partial charge in [0.2, 0.25) is 0 Å². The SMILES string of the molecule is C\C=C/C=C\C(=C/C=C/C)c1cc2cccc(Cl)n2n1. The number of aromatic nitrogens is 2. The van der Waals surface area contributed by atoms with Crippen molar-refractivity contribution in [2.24, 2.45) is 0 Å². The fourth-order valence-electron chi connectivity index (χ4n) is 1.82. The van der Waals surface area contributed by atoms with E-state index in [-0.39, 0.29) is 0 Å². The first kappa shape index (κ1) is 14.4. The van der Waals surface area contributed by atoms with Crippen molar-refractivity contribution in [3.63, 3.8) is 0 Å². The Hall–Kier alpha value is -2.06. The van der Waals surface area contributed by atoms with Crippen LogP contribution in [0.3, 0.4) is 0 Å². The molecule has 0 N–H and O–H groups in total. The van der Waals surface area contributed by atoms with Gasteiger partial charge in [0.25, 0.3) is 0 Å². The van der Waals surface area contributed by atoms with E-state index in [0.29, 0.717) is 5.15 Å². The monoisotopic (exact) mass is 284 g/mol. The van der Waals surface area contributed by atoms with Gasteiger partial charge in [-0.2, -0.15) is 5.10 Å². The molecular weight excluding hydrogens is 268 g/mol. The number of hydrogen-bond donors (Lipinski definition) is 0. The molecule has 0 aliphatic carbocycles. The van der Waals surface area contributed by atoms with Crippen molar-refractivity contribution in [2.75, 3.05) is 0 Å². The largest absolute Gasteiger partial charge is 0.222 e. The average Bonchev–Trinajstić information content (AvgIpc) is 2.88. The summed E-state index contributed by atoms with van der Waals surface area (Å²) in [5.74, 6) is 0. The lowest BCUT2D eigenvalue weighted by Crippen LogP contribution is -1.89. The molecule has 0 saturated carbocycles. The van der Waals surface area contributed by atoms with Crippen LogP contribution in [0, 0.1) is 0 Å². The van der Waals surface area contributed by atoms with Gasteiger partial charge in [0.15, 0.2) is 0 Å². The number of nitrogens with zero attached hydrogens (tertiary/aromatic N) is 2. The molecular formula is C17H17ClN2. The van der Waals surface area contributed by atoms with Gasteiger partial charge >= 0.3 is 0 Å². The third kappa shape index (κ3) is 3.28. The van der Waals surface area contributed by atoms with Crippen LogP contribution < -0.4 is 0 Å². The number of fused-ring (bicyclic) bond motifs is 1. The van der Waals surface area contributed by atoms with E-state index in [4.69, 9.17) is 11.6 Å². The minimum atomic E-state index is 0.608. The van der Waals surface area contributed by atoms with E-state index in [1.807, 2.05) is 80.6 Å². The Morgan fingerprint density at radius 1 is 1.15 bits per heavy atom. The van der Waals surface area contributed by atoms with Crippen molar-refractivity contribution in [1.82, 2.24) is 9.61 Å². The highest BCUT2D eigenvalue weighted by Crippen LogP contribution is 2.20. The van der Waals surface area contributed by atoms with Crippen molar-refractivity contribution in [1.29, 1.82) is 0 Å². The van der Waals surface area contributed by atoms with Crippen LogP contribution >= 0.6 is 11.6 Å². The summed E-state index contributed by atoms with van der Waals surface area (Å²) in [6.07, 6.45) is 14.1. The van der Waals surface area contributed by atoms with Crippen molar-refractivity contribution in [3.05, 3.63) is 77.6 Å². The molecule has 20 heavy (non-hydrogen) atoms. The summed E-state index contributed by atoms with van der Waals surface area (Å²) in [5, 5.41) is 5.16. The fraction of sp³-hybridized carbons (Fsp3) is 0.118. The number of rotatable bonds is 4. The number of allylic oxidation sites excluding steroid dienone is 8. The lowest BCUT2D eigenvalue weighted by Gasteiger charge is -1.96. The van der Waals surface area contributed by atoms with Crippen LogP contribution in [-0.4, -0.2) is 9.61 Å². The van der Waals surface area contributed by atoms with E-state index in [1.54, 1.807) is 4.52 Å². The van der Waals surface area contributed by atoms with Gasteiger partial charge in [-0.05, 0) is 32.0 Å². The molecule has 2 aromatic rings. The molecule has 0 unspecified atom stereocenters. The first-order valence-corrected chi connectivity index (χ1v) is 6.91. The number of hydrogen-bond acceptors (Lipinski definition) is 1. The smallest absolute Gasteiger partial charge is 0.131 e. The Labute approximate surface area is 124 Å². The highest BCUT2D eigenvalue weighted by atomic mass is 35.5. The molecule has 0 spiro atoms. The van der Waals surface area contributed by atoms with Crippen molar-refractivity contribution < 1.29 is 0 Å². The van der Waals surface area contributed by atoms with Gasteiger partial charge in [-0.1, -0.05) is 60.2 Å². The molecule has 102 valence electrons. The third-order valence-electron chi connectivity index (χ3n) is 2.78. The van der Waals surface area contributed by atoms with Crippen LogP contribution in [0.4, 0.5) is 0 Å². The Bertz CT molecular complexity index is 703. The second kappa shape index (κ2) is 6.92. The van der Waals surface area contributed by atoms with Crippen LogP contribution in [-0.2, 0) is 0 Å². The van der Waals surface area contributed by atoms with Crippen molar-refractivity contribution in [2.45, 2.75) is 13.8 Å². The lowest BCUT2D eigenvalue weighted by molar-refractivity contribution is 0.952. The number of pyridine rings is 1. The summed E-state index contributed by atoms with van der Waals surface area (Å²) in [6, 6.07) is 7.77. The predicted octanol–water partition coefficient (Wildman–Crippen LogP) is 5.08. The zero-order valence-corrected chi connectivity index (χ0v) is 12.4. The normalized spacial score (nSPS) is 13.4. The lowest BCUT2D eigenvalue weighted by atomic mass is 10.1. The predicted molar refractivity (Wildman–Crippen MR) is 86.9 cm³/mol. The van der Waals surface area contributed by atoms with E-state index in [9.17, 15) is 0 Å². The maximum Gasteiger partial charge on any atom is 0.131 e. The van der Waals surface area contributed by atoms with Crippen LogP contribution in [0.2, 0.25) is 5.15 Å². The van der Waals surface area contributed by atoms with Crippen molar-refractivity contribution >= 4 is 22.7 Å². The molecule has 2 heterocycles. The van der Waals surface area contributed by atoms with Crippen LogP contribution in [0.15, 0.2) is 66.8 Å². The molecule has 0 radical (unpaired) electrons. The Morgan fingerprint density at radius 2 is 1.95 bits per heavy atom. The van der Waals surface area contributed by atoms with E-state index >= 15 is 0 Å². The second-order valence-electron chi connectivity index (χ2n) is 4.25. The van der Waals surface area contributed by atoms with E-state index in [2.05, 4.69) is 5.10 Å². The molecule has 0 fully saturated rings. The number of halogens is 1. The van der Waals surface area contributed by atoms with Gasteiger partial charge in [-0.25, -0.2) is 4.52 Å². The van der Waals surface area contributed by atoms with E-state index in [0.717, 1.165) is 16.8 Å². The molecule has 2 rings (SSSR count). The highest BCUT2D eigenvalue weighted by molar-refractivity contribution is 6.29. The molecule has 0 aliphatic rings. The van der Waals surface area contributed by atoms with Crippen LogP contribution in [0.25, 0.3) is 11.1 Å². The van der Waals surface area contributed by atoms with Crippen LogP contribution in [0.1, 0.15) is 19.5 Å². The molecule has 2 aromatic heterocycles. The molecule has 2 nitrogen and oxygen atoms in total. The molecule has 3 heteroatoms. The zero-order valence-electron chi connectivity index (χ0n) is 11.6. The van der Waals surface area contributed by atoms with Gasteiger partial charge < -0.3 is 0 Å². The van der Waals surface area contributed by atoms with Gasteiger partial charge in [0.05, 0.1) is 11.2 Å². The summed E-state index contributed by atoms with van der Waals surface area (Å²) in [4.78, 5) is 0. The van der Waals surface area contributed by atoms with Gasteiger partial charge in [0, 0.05) is 5.57 Å². The Kier molecular flexibility index (Phi) is 4.97. The summed E-state index contributed by atoms with van der Waals surface area (Å²) in [7, 11) is 0. The Balaban J connectivity index is 2.48. The topological polar surface area (TPSA) is 17.3 Å². The fourth-order valence-corrected chi connectivity index (χ4v) is 2.03. The first-order chi connectivity index (χ1) is 9.76. The van der Waals surface area contributed by atoms with Crippen LogP contribution in [0.5, 0.6) is 0 Å². The Morgan fingerprint density at radius 3 is 2.65 bits per heavy atom. The van der Waals surface area contributed by atoms with E-state index in [1.165, 1.54) is 0 Å². The first-order valence-electron chi connectivity index (χ1n) is 6.53. The summed E-state index contributed by atoms with van der Waals surface area (Å²) < 4.78 is 1.74. The maximum absolute atomic E-state index is 6.14.